The Morgan fingerprint density at radius 3 is 2.32 bits per heavy atom. The van der Waals surface area contributed by atoms with Gasteiger partial charge in [-0.1, -0.05) is 48.5 Å². The molecule has 34 heavy (non-hydrogen) atoms. The highest BCUT2D eigenvalue weighted by Gasteiger charge is 2.31. The van der Waals surface area contributed by atoms with Gasteiger partial charge in [0, 0.05) is 43.5 Å². The normalized spacial score (nSPS) is 15.1. The van der Waals surface area contributed by atoms with Crippen LogP contribution in [-0.2, 0) is 33.7 Å². The third-order valence-corrected chi connectivity index (χ3v) is 7.78. The molecule has 1 aromatic heterocycles. The van der Waals surface area contributed by atoms with Gasteiger partial charge in [0.1, 0.15) is 12.4 Å². The molecule has 1 saturated heterocycles. The number of sulfonamides is 1. The summed E-state index contributed by atoms with van der Waals surface area (Å²) < 4.78 is 32.7. The fourth-order valence-electron chi connectivity index (χ4n) is 3.96. The average molecular weight is 480 g/mol. The molecule has 0 unspecified atom stereocenters. The first-order valence-electron chi connectivity index (χ1n) is 11.4. The van der Waals surface area contributed by atoms with E-state index in [0.29, 0.717) is 39.1 Å². The molecule has 2 heterocycles. The van der Waals surface area contributed by atoms with E-state index in [4.69, 9.17) is 4.74 Å². The molecular weight excluding hydrogens is 450 g/mol. The molecule has 0 saturated carbocycles. The summed E-state index contributed by atoms with van der Waals surface area (Å²) >= 11 is 0. The summed E-state index contributed by atoms with van der Waals surface area (Å²) in [7, 11) is -3.38. The van der Waals surface area contributed by atoms with Gasteiger partial charge in [0.15, 0.2) is 0 Å². The standard InChI is InChI=1S/C26H29N3O4S/c30-26(24-12-15-29(16-13-24)34(31,32)20-22-5-2-1-3-6-22)28-18-21-8-10-25(11-9-21)33-19-23-7-4-14-27-17-23/h1-11,14,17,24H,12-13,15-16,18-20H2,(H,28,30). The molecule has 1 aliphatic heterocycles. The Bertz CT molecular complexity index is 1160. The molecule has 0 spiro atoms. The van der Waals surface area contributed by atoms with Gasteiger partial charge in [-0.15, -0.1) is 0 Å². The van der Waals surface area contributed by atoms with Crippen molar-refractivity contribution in [1.29, 1.82) is 0 Å². The maximum absolute atomic E-state index is 12.7. The number of pyridine rings is 1. The minimum Gasteiger partial charge on any atom is -0.489 e. The monoisotopic (exact) mass is 479 g/mol. The molecule has 1 fully saturated rings. The summed E-state index contributed by atoms with van der Waals surface area (Å²) in [4.78, 5) is 16.7. The molecule has 0 bridgehead atoms. The van der Waals surface area contributed by atoms with Crippen molar-refractivity contribution in [2.45, 2.75) is 31.7 Å². The molecular formula is C26H29N3O4S. The zero-order chi connectivity index (χ0) is 23.8. The van der Waals surface area contributed by atoms with E-state index < -0.39 is 10.0 Å². The van der Waals surface area contributed by atoms with E-state index in [9.17, 15) is 13.2 Å². The van der Waals surface area contributed by atoms with Crippen LogP contribution in [0.3, 0.4) is 0 Å². The van der Waals surface area contributed by atoms with Crippen LogP contribution in [0.5, 0.6) is 5.75 Å². The number of hydrogen-bond acceptors (Lipinski definition) is 5. The number of carbonyl (C=O) groups excluding carboxylic acids is 1. The number of amides is 1. The predicted molar refractivity (Wildman–Crippen MR) is 130 cm³/mol. The highest BCUT2D eigenvalue weighted by atomic mass is 32.2. The Morgan fingerprint density at radius 1 is 0.941 bits per heavy atom. The van der Waals surface area contributed by atoms with Crippen LogP contribution in [0.1, 0.15) is 29.5 Å². The summed E-state index contributed by atoms with van der Waals surface area (Å²) in [5.41, 5.74) is 2.75. The molecule has 7 nitrogen and oxygen atoms in total. The molecule has 178 valence electrons. The van der Waals surface area contributed by atoms with Gasteiger partial charge in [0.05, 0.1) is 5.75 Å². The quantitative estimate of drug-likeness (QED) is 0.507. The van der Waals surface area contributed by atoms with Gasteiger partial charge in [0.2, 0.25) is 15.9 Å². The van der Waals surface area contributed by atoms with Crippen molar-refractivity contribution in [3.8, 4) is 5.75 Å². The van der Waals surface area contributed by atoms with Crippen LogP contribution in [0.4, 0.5) is 0 Å². The number of benzene rings is 2. The van der Waals surface area contributed by atoms with Gasteiger partial charge < -0.3 is 10.1 Å². The van der Waals surface area contributed by atoms with Gasteiger partial charge in [-0.05, 0) is 42.2 Å². The SMILES string of the molecule is O=C(NCc1ccc(OCc2cccnc2)cc1)C1CCN(S(=O)(=O)Cc2ccccc2)CC1. The minimum atomic E-state index is -3.38. The molecule has 0 radical (unpaired) electrons. The van der Waals surface area contributed by atoms with Crippen LogP contribution in [0.2, 0.25) is 0 Å². The number of carbonyl (C=O) groups is 1. The third kappa shape index (κ3) is 6.65. The molecule has 2 aromatic carbocycles. The first-order chi connectivity index (χ1) is 16.5. The second-order valence-corrected chi connectivity index (χ2v) is 10.4. The summed E-state index contributed by atoms with van der Waals surface area (Å²) in [5, 5.41) is 2.98. The summed E-state index contributed by atoms with van der Waals surface area (Å²) in [6.45, 7) is 1.62. The summed E-state index contributed by atoms with van der Waals surface area (Å²) in [6, 6.07) is 20.6. The molecule has 0 atom stereocenters. The number of rotatable bonds is 9. The Kier molecular flexibility index (Phi) is 7.92. The molecule has 0 aliphatic carbocycles. The van der Waals surface area contributed by atoms with Crippen molar-refractivity contribution in [2.24, 2.45) is 5.92 Å². The summed E-state index contributed by atoms with van der Waals surface area (Å²) in [5.74, 6) is 0.539. The van der Waals surface area contributed by atoms with Crippen molar-refractivity contribution >= 4 is 15.9 Å². The Balaban J connectivity index is 1.20. The van der Waals surface area contributed by atoms with E-state index in [1.54, 1.807) is 12.4 Å². The first-order valence-corrected chi connectivity index (χ1v) is 13.0. The number of aromatic nitrogens is 1. The maximum Gasteiger partial charge on any atom is 0.223 e. The number of nitrogens with zero attached hydrogens (tertiary/aromatic N) is 2. The second-order valence-electron chi connectivity index (χ2n) is 8.43. The van der Waals surface area contributed by atoms with Crippen LogP contribution in [0, 0.1) is 5.92 Å². The smallest absolute Gasteiger partial charge is 0.223 e. The Hall–Kier alpha value is -3.23. The molecule has 1 N–H and O–H groups in total. The van der Waals surface area contributed by atoms with E-state index in [1.807, 2.05) is 66.7 Å². The van der Waals surface area contributed by atoms with E-state index in [2.05, 4.69) is 10.3 Å². The van der Waals surface area contributed by atoms with Gasteiger partial charge in [-0.3, -0.25) is 9.78 Å². The third-order valence-electron chi connectivity index (χ3n) is 5.93. The van der Waals surface area contributed by atoms with E-state index in [0.717, 1.165) is 22.4 Å². The van der Waals surface area contributed by atoms with Gasteiger partial charge in [-0.25, -0.2) is 12.7 Å². The van der Waals surface area contributed by atoms with Crippen LogP contribution in [0.25, 0.3) is 0 Å². The zero-order valence-corrected chi connectivity index (χ0v) is 19.8. The lowest BCUT2D eigenvalue weighted by atomic mass is 9.97. The highest BCUT2D eigenvalue weighted by molar-refractivity contribution is 7.88. The predicted octanol–water partition coefficient (Wildman–Crippen LogP) is 3.52. The van der Waals surface area contributed by atoms with Crippen molar-refractivity contribution in [2.75, 3.05) is 13.1 Å². The number of ether oxygens (including phenoxy) is 1. The molecule has 8 heteroatoms. The number of nitrogens with one attached hydrogen (secondary N) is 1. The van der Waals surface area contributed by atoms with Crippen molar-refractivity contribution in [3.63, 3.8) is 0 Å². The van der Waals surface area contributed by atoms with Gasteiger partial charge >= 0.3 is 0 Å². The Morgan fingerprint density at radius 2 is 1.65 bits per heavy atom. The van der Waals surface area contributed by atoms with Crippen molar-refractivity contribution < 1.29 is 17.9 Å². The van der Waals surface area contributed by atoms with Crippen molar-refractivity contribution in [1.82, 2.24) is 14.6 Å². The number of hydrogen-bond donors (Lipinski definition) is 1. The lowest BCUT2D eigenvalue weighted by molar-refractivity contribution is -0.126. The topological polar surface area (TPSA) is 88.6 Å². The molecule has 1 aliphatic rings. The van der Waals surface area contributed by atoms with Gasteiger partial charge in [0.25, 0.3) is 0 Å². The van der Waals surface area contributed by atoms with Crippen LogP contribution in [-0.4, -0.2) is 36.7 Å². The fraction of sp³-hybridized carbons (Fsp3) is 0.308. The van der Waals surface area contributed by atoms with Crippen LogP contribution < -0.4 is 10.1 Å². The molecule has 1 amide bonds. The second kappa shape index (κ2) is 11.3. The summed E-state index contributed by atoms with van der Waals surface area (Å²) in [6.07, 6.45) is 4.55. The lowest BCUT2D eigenvalue weighted by Crippen LogP contribution is -2.43. The van der Waals surface area contributed by atoms with Crippen LogP contribution >= 0.6 is 0 Å². The Labute approximate surface area is 200 Å². The minimum absolute atomic E-state index is 0.00729. The van der Waals surface area contributed by atoms with E-state index >= 15 is 0 Å². The molecule has 4 rings (SSSR count). The molecule has 3 aromatic rings. The lowest BCUT2D eigenvalue weighted by Gasteiger charge is -2.30. The maximum atomic E-state index is 12.7. The average Bonchev–Trinajstić information content (AvgIpc) is 2.88. The first kappa shape index (κ1) is 23.9. The van der Waals surface area contributed by atoms with E-state index in [1.165, 1.54) is 4.31 Å². The van der Waals surface area contributed by atoms with E-state index in [-0.39, 0.29) is 17.6 Å². The number of piperidine rings is 1. The van der Waals surface area contributed by atoms with Gasteiger partial charge in [-0.2, -0.15) is 0 Å². The van der Waals surface area contributed by atoms with Crippen molar-refractivity contribution in [3.05, 3.63) is 95.8 Å². The highest BCUT2D eigenvalue weighted by Crippen LogP contribution is 2.22. The van der Waals surface area contributed by atoms with Crippen LogP contribution in [0.15, 0.2) is 79.1 Å². The largest absolute Gasteiger partial charge is 0.489 e. The fourth-order valence-corrected chi connectivity index (χ4v) is 5.52. The zero-order valence-electron chi connectivity index (χ0n) is 19.0.